The van der Waals surface area contributed by atoms with Crippen LogP contribution in [-0.4, -0.2) is 19.6 Å². The van der Waals surface area contributed by atoms with Crippen molar-refractivity contribution >= 4 is 11.7 Å². The Hall–Kier alpha value is -2.33. The van der Waals surface area contributed by atoms with Crippen molar-refractivity contribution in [3.8, 4) is 0 Å². The largest absolute Gasteiger partial charge is 0.465 e. The molecule has 0 aliphatic rings. The Labute approximate surface area is 124 Å². The molecule has 0 saturated heterocycles. The fourth-order valence-corrected chi connectivity index (χ4v) is 2.36. The highest BCUT2D eigenvalue weighted by atomic mass is 16.5. The lowest BCUT2D eigenvalue weighted by molar-refractivity contribution is -0.677. The number of hydrogen-bond donors (Lipinski definition) is 2. The molecule has 0 aliphatic heterocycles. The van der Waals surface area contributed by atoms with Crippen molar-refractivity contribution in [2.24, 2.45) is 0 Å². The molecule has 0 bridgehead atoms. The third kappa shape index (κ3) is 3.83. The van der Waals surface area contributed by atoms with E-state index in [9.17, 15) is 4.79 Å². The van der Waals surface area contributed by atoms with Crippen LogP contribution in [0.3, 0.4) is 0 Å². The maximum atomic E-state index is 11.4. The SMILES string of the molecule is COC(=O)C[NH2+][C@@H](c1ccccc1)c1cc(C)ccc1N. The van der Waals surface area contributed by atoms with Crippen molar-refractivity contribution in [3.05, 3.63) is 65.2 Å². The van der Waals surface area contributed by atoms with Crippen molar-refractivity contribution < 1.29 is 14.8 Å². The first kappa shape index (κ1) is 15.1. The van der Waals surface area contributed by atoms with Crippen LogP contribution in [0.4, 0.5) is 5.69 Å². The van der Waals surface area contributed by atoms with E-state index in [0.717, 1.165) is 22.4 Å². The Balaban J connectivity index is 2.35. The minimum atomic E-state index is -0.248. The molecule has 4 heteroatoms. The number of rotatable bonds is 5. The van der Waals surface area contributed by atoms with E-state index >= 15 is 0 Å². The first-order valence-corrected chi connectivity index (χ1v) is 6.93. The normalized spacial score (nSPS) is 11.9. The number of ether oxygens (including phenoxy) is 1. The van der Waals surface area contributed by atoms with Gasteiger partial charge in [-0.25, -0.2) is 4.79 Å². The molecule has 2 aromatic rings. The molecule has 0 saturated carbocycles. The molecule has 2 aromatic carbocycles. The summed E-state index contributed by atoms with van der Waals surface area (Å²) in [5.74, 6) is -0.248. The lowest BCUT2D eigenvalue weighted by Gasteiger charge is -2.18. The summed E-state index contributed by atoms with van der Waals surface area (Å²) in [5, 5.41) is 1.95. The van der Waals surface area contributed by atoms with Gasteiger partial charge >= 0.3 is 5.97 Å². The standard InChI is InChI=1S/C17H20N2O2/c1-12-8-9-15(18)14(10-12)17(19-11-16(20)21-2)13-6-4-3-5-7-13/h3-10,17,19H,11,18H2,1-2H3/p+1/t17-/m0/s1. The number of carbonyl (C=O) groups is 1. The Morgan fingerprint density at radius 1 is 1.24 bits per heavy atom. The number of quaternary nitrogens is 1. The van der Waals surface area contributed by atoms with Crippen LogP contribution in [0, 0.1) is 6.92 Å². The molecular weight excluding hydrogens is 264 g/mol. The smallest absolute Gasteiger partial charge is 0.361 e. The van der Waals surface area contributed by atoms with E-state index in [1.165, 1.54) is 7.11 Å². The van der Waals surface area contributed by atoms with E-state index in [0.29, 0.717) is 0 Å². The molecule has 0 aliphatic carbocycles. The molecule has 2 rings (SSSR count). The van der Waals surface area contributed by atoms with Crippen LogP contribution in [0.5, 0.6) is 0 Å². The second-order valence-corrected chi connectivity index (χ2v) is 5.04. The maximum Gasteiger partial charge on any atom is 0.361 e. The second-order valence-electron chi connectivity index (χ2n) is 5.04. The van der Waals surface area contributed by atoms with Gasteiger partial charge < -0.3 is 15.8 Å². The molecular formula is C17H21N2O2+. The Kier molecular flexibility index (Phi) is 4.95. The van der Waals surface area contributed by atoms with Gasteiger partial charge in [0.15, 0.2) is 6.54 Å². The Bertz CT molecular complexity index is 611. The fraction of sp³-hybridized carbons (Fsp3) is 0.235. The Morgan fingerprint density at radius 2 is 1.95 bits per heavy atom. The van der Waals surface area contributed by atoms with Crippen molar-refractivity contribution in [1.82, 2.24) is 0 Å². The zero-order valence-corrected chi connectivity index (χ0v) is 12.4. The summed E-state index contributed by atoms with van der Waals surface area (Å²) in [7, 11) is 1.40. The van der Waals surface area contributed by atoms with Gasteiger partial charge in [0.1, 0.15) is 6.04 Å². The summed E-state index contributed by atoms with van der Waals surface area (Å²) in [5.41, 5.74) is 10.1. The summed E-state index contributed by atoms with van der Waals surface area (Å²) < 4.78 is 4.72. The third-order valence-corrected chi connectivity index (χ3v) is 3.48. The van der Waals surface area contributed by atoms with Gasteiger partial charge in [0.2, 0.25) is 0 Å². The molecule has 4 nitrogen and oxygen atoms in total. The number of nitrogen functional groups attached to an aromatic ring is 1. The van der Waals surface area contributed by atoms with Gasteiger partial charge in [0.25, 0.3) is 0 Å². The number of anilines is 1. The van der Waals surface area contributed by atoms with Gasteiger partial charge in [0, 0.05) is 16.8 Å². The molecule has 0 radical (unpaired) electrons. The predicted molar refractivity (Wildman–Crippen MR) is 82.7 cm³/mol. The summed E-state index contributed by atoms with van der Waals surface area (Å²) in [4.78, 5) is 11.4. The number of methoxy groups -OCH3 is 1. The van der Waals surface area contributed by atoms with E-state index < -0.39 is 0 Å². The highest BCUT2D eigenvalue weighted by Gasteiger charge is 2.21. The van der Waals surface area contributed by atoms with Crippen LogP contribution in [0.1, 0.15) is 22.7 Å². The molecule has 0 heterocycles. The van der Waals surface area contributed by atoms with Crippen LogP contribution in [-0.2, 0) is 9.53 Å². The van der Waals surface area contributed by atoms with Crippen molar-refractivity contribution in [1.29, 1.82) is 0 Å². The minimum absolute atomic E-state index is 0.0230. The molecule has 0 amide bonds. The average molecular weight is 285 g/mol. The van der Waals surface area contributed by atoms with Crippen molar-refractivity contribution in [2.45, 2.75) is 13.0 Å². The maximum absolute atomic E-state index is 11.4. The van der Waals surface area contributed by atoms with Gasteiger partial charge in [-0.05, 0) is 19.1 Å². The number of carbonyl (C=O) groups excluding carboxylic acids is 1. The molecule has 21 heavy (non-hydrogen) atoms. The summed E-state index contributed by atoms with van der Waals surface area (Å²) in [6.07, 6.45) is 0. The third-order valence-electron chi connectivity index (χ3n) is 3.48. The zero-order valence-electron chi connectivity index (χ0n) is 12.4. The molecule has 110 valence electrons. The van der Waals surface area contributed by atoms with E-state index in [1.807, 2.05) is 54.7 Å². The van der Waals surface area contributed by atoms with Crippen molar-refractivity contribution in [2.75, 3.05) is 19.4 Å². The molecule has 4 N–H and O–H groups in total. The number of aryl methyl sites for hydroxylation is 1. The first-order valence-electron chi connectivity index (χ1n) is 6.93. The molecule has 0 aromatic heterocycles. The van der Waals surface area contributed by atoms with Crippen molar-refractivity contribution in [3.63, 3.8) is 0 Å². The fourth-order valence-electron chi connectivity index (χ4n) is 2.36. The summed E-state index contributed by atoms with van der Waals surface area (Å²) in [6.45, 7) is 2.29. The minimum Gasteiger partial charge on any atom is -0.465 e. The Morgan fingerprint density at radius 3 is 2.62 bits per heavy atom. The number of esters is 1. The number of hydrogen-bond acceptors (Lipinski definition) is 3. The average Bonchev–Trinajstić information content (AvgIpc) is 2.51. The van der Waals surface area contributed by atoms with Crippen LogP contribution in [0.25, 0.3) is 0 Å². The van der Waals surface area contributed by atoms with Gasteiger partial charge in [-0.3, -0.25) is 0 Å². The lowest BCUT2D eigenvalue weighted by atomic mass is 9.96. The predicted octanol–water partition coefficient (Wildman–Crippen LogP) is 1.40. The second kappa shape index (κ2) is 6.90. The highest BCUT2D eigenvalue weighted by Crippen LogP contribution is 2.24. The highest BCUT2D eigenvalue weighted by molar-refractivity contribution is 5.70. The molecule has 0 fully saturated rings. The van der Waals surface area contributed by atoms with Gasteiger partial charge in [0.05, 0.1) is 7.11 Å². The quantitative estimate of drug-likeness (QED) is 0.644. The molecule has 0 unspecified atom stereocenters. The van der Waals surface area contributed by atoms with Crippen LogP contribution in [0.2, 0.25) is 0 Å². The summed E-state index contributed by atoms with van der Waals surface area (Å²) >= 11 is 0. The number of benzene rings is 2. The lowest BCUT2D eigenvalue weighted by Crippen LogP contribution is -2.87. The van der Waals surface area contributed by atoms with E-state index in [1.54, 1.807) is 0 Å². The van der Waals surface area contributed by atoms with Crippen LogP contribution in [0.15, 0.2) is 48.5 Å². The van der Waals surface area contributed by atoms with E-state index in [2.05, 4.69) is 6.07 Å². The van der Waals surface area contributed by atoms with Gasteiger partial charge in [-0.15, -0.1) is 0 Å². The van der Waals surface area contributed by atoms with E-state index in [-0.39, 0.29) is 18.6 Å². The first-order chi connectivity index (χ1) is 10.1. The summed E-state index contributed by atoms with van der Waals surface area (Å²) in [6, 6.07) is 16.0. The van der Waals surface area contributed by atoms with Crippen LogP contribution < -0.4 is 11.1 Å². The monoisotopic (exact) mass is 285 g/mol. The topological polar surface area (TPSA) is 68.9 Å². The van der Waals surface area contributed by atoms with Gasteiger partial charge in [-0.1, -0.05) is 42.0 Å². The molecule has 1 atom stereocenters. The van der Waals surface area contributed by atoms with Crippen LogP contribution >= 0.6 is 0 Å². The zero-order chi connectivity index (χ0) is 15.2. The van der Waals surface area contributed by atoms with E-state index in [4.69, 9.17) is 10.5 Å². The molecule has 0 spiro atoms. The van der Waals surface area contributed by atoms with Gasteiger partial charge in [-0.2, -0.15) is 0 Å². The number of nitrogens with two attached hydrogens (primary N) is 2.